The molecule has 0 bridgehead atoms. The lowest BCUT2D eigenvalue weighted by atomic mass is 9.97. The monoisotopic (exact) mass is 293 g/mol. The number of para-hydroxylation sites is 1. The molecule has 1 aromatic carbocycles. The quantitative estimate of drug-likeness (QED) is 0.881. The Kier molecular flexibility index (Phi) is 3.78. The number of Topliss-reactive ketones (excluding diaryl/α,β-unsaturated/α-hetero) is 1. The maximum absolute atomic E-state index is 12.6. The molecule has 1 fully saturated rings. The van der Waals surface area contributed by atoms with Crippen LogP contribution in [-0.2, 0) is 4.74 Å². The highest BCUT2D eigenvalue weighted by atomic mass is 35.5. The van der Waals surface area contributed by atoms with E-state index in [0.29, 0.717) is 29.6 Å². The summed E-state index contributed by atoms with van der Waals surface area (Å²) in [4.78, 5) is 12.6. The second kappa shape index (κ2) is 5.56. The number of hydrogen-bond donors (Lipinski definition) is 1. The zero-order valence-corrected chi connectivity index (χ0v) is 11.9. The minimum atomic E-state index is -0.200. The molecule has 2 aromatic rings. The third-order valence-electron chi connectivity index (χ3n) is 3.62. The van der Waals surface area contributed by atoms with E-state index >= 15 is 0 Å². The Morgan fingerprint density at radius 2 is 2.30 bits per heavy atom. The fourth-order valence-electron chi connectivity index (χ4n) is 2.61. The van der Waals surface area contributed by atoms with Crippen LogP contribution in [0, 0.1) is 5.92 Å². The van der Waals surface area contributed by atoms with Crippen molar-refractivity contribution in [1.82, 2.24) is 5.32 Å². The Labute approximate surface area is 122 Å². The topological polar surface area (TPSA) is 51.5 Å². The first-order valence-electron chi connectivity index (χ1n) is 6.74. The van der Waals surface area contributed by atoms with Gasteiger partial charge in [-0.25, -0.2) is 0 Å². The van der Waals surface area contributed by atoms with E-state index < -0.39 is 0 Å². The zero-order chi connectivity index (χ0) is 14.1. The minimum Gasteiger partial charge on any atom is -0.451 e. The van der Waals surface area contributed by atoms with E-state index in [1.54, 1.807) is 12.1 Å². The fourth-order valence-corrected chi connectivity index (χ4v) is 2.83. The van der Waals surface area contributed by atoms with Gasteiger partial charge < -0.3 is 14.5 Å². The summed E-state index contributed by atoms with van der Waals surface area (Å²) < 4.78 is 11.0. The Morgan fingerprint density at radius 1 is 1.45 bits per heavy atom. The van der Waals surface area contributed by atoms with Gasteiger partial charge in [0.25, 0.3) is 0 Å². The van der Waals surface area contributed by atoms with Gasteiger partial charge in [-0.2, -0.15) is 0 Å². The number of halogens is 1. The molecule has 106 valence electrons. The SMILES string of the molecule is CCNC1COCC1C(=O)c1cc2cccc(Cl)c2o1. The van der Waals surface area contributed by atoms with Gasteiger partial charge in [-0.3, -0.25) is 4.79 Å². The number of rotatable bonds is 4. The lowest BCUT2D eigenvalue weighted by Gasteiger charge is -2.15. The number of nitrogens with one attached hydrogen (secondary N) is 1. The van der Waals surface area contributed by atoms with Crippen LogP contribution in [0.25, 0.3) is 11.0 Å². The summed E-state index contributed by atoms with van der Waals surface area (Å²) in [5.41, 5.74) is 0.566. The average Bonchev–Trinajstić information content (AvgIpc) is 3.05. The predicted molar refractivity (Wildman–Crippen MR) is 77.3 cm³/mol. The van der Waals surface area contributed by atoms with Crippen LogP contribution in [-0.4, -0.2) is 31.6 Å². The molecule has 0 radical (unpaired) electrons. The standard InChI is InChI=1S/C15H16ClNO3/c1-2-17-12-8-19-7-10(12)14(18)13-6-9-4-3-5-11(16)15(9)20-13/h3-6,10,12,17H,2,7-8H2,1H3. The van der Waals surface area contributed by atoms with E-state index in [9.17, 15) is 4.79 Å². The minimum absolute atomic E-state index is 0.0271. The third kappa shape index (κ3) is 2.35. The van der Waals surface area contributed by atoms with Gasteiger partial charge in [-0.05, 0) is 18.7 Å². The number of hydrogen-bond acceptors (Lipinski definition) is 4. The lowest BCUT2D eigenvalue weighted by molar-refractivity contribution is 0.0865. The van der Waals surface area contributed by atoms with Crippen molar-refractivity contribution in [1.29, 1.82) is 0 Å². The highest BCUT2D eigenvalue weighted by Crippen LogP contribution is 2.29. The first-order chi connectivity index (χ1) is 9.70. The molecular formula is C15H16ClNO3. The van der Waals surface area contributed by atoms with Gasteiger partial charge in [-0.15, -0.1) is 0 Å². The summed E-state index contributed by atoms with van der Waals surface area (Å²) in [7, 11) is 0. The number of ketones is 1. The molecule has 0 saturated carbocycles. The molecule has 0 amide bonds. The van der Waals surface area contributed by atoms with Gasteiger partial charge >= 0.3 is 0 Å². The average molecular weight is 294 g/mol. The van der Waals surface area contributed by atoms with Crippen LogP contribution >= 0.6 is 11.6 Å². The molecule has 5 heteroatoms. The van der Waals surface area contributed by atoms with Crippen molar-refractivity contribution in [3.63, 3.8) is 0 Å². The second-order valence-electron chi connectivity index (χ2n) is 4.94. The van der Waals surface area contributed by atoms with E-state index in [1.807, 2.05) is 19.1 Å². The Hall–Kier alpha value is -1.36. The van der Waals surface area contributed by atoms with Gasteiger partial charge in [0.2, 0.25) is 5.78 Å². The summed E-state index contributed by atoms with van der Waals surface area (Å²) in [6.07, 6.45) is 0. The van der Waals surface area contributed by atoms with E-state index in [0.717, 1.165) is 11.9 Å². The molecular weight excluding hydrogens is 278 g/mol. The molecule has 20 heavy (non-hydrogen) atoms. The molecule has 1 saturated heterocycles. The summed E-state index contributed by atoms with van der Waals surface area (Å²) in [5.74, 6) is 0.126. The number of fused-ring (bicyclic) bond motifs is 1. The molecule has 0 aliphatic carbocycles. The first kappa shape index (κ1) is 13.6. The van der Waals surface area contributed by atoms with Gasteiger partial charge in [0.15, 0.2) is 11.3 Å². The molecule has 3 rings (SSSR count). The van der Waals surface area contributed by atoms with Gasteiger partial charge in [0.05, 0.1) is 24.2 Å². The zero-order valence-electron chi connectivity index (χ0n) is 11.2. The number of carbonyl (C=O) groups is 1. The van der Waals surface area contributed by atoms with Crippen molar-refractivity contribution in [3.05, 3.63) is 35.0 Å². The highest BCUT2D eigenvalue weighted by molar-refractivity contribution is 6.34. The largest absolute Gasteiger partial charge is 0.451 e. The normalized spacial score (nSPS) is 22.5. The number of carbonyl (C=O) groups excluding carboxylic acids is 1. The van der Waals surface area contributed by atoms with E-state index in [-0.39, 0.29) is 17.7 Å². The molecule has 1 aliphatic heterocycles. The van der Waals surface area contributed by atoms with Crippen molar-refractivity contribution in [2.24, 2.45) is 5.92 Å². The number of ether oxygens (including phenoxy) is 1. The van der Waals surface area contributed by atoms with E-state index in [2.05, 4.69) is 5.32 Å². The maximum atomic E-state index is 12.6. The predicted octanol–water partition coefficient (Wildman–Crippen LogP) is 2.89. The van der Waals surface area contributed by atoms with Crippen LogP contribution in [0.3, 0.4) is 0 Å². The molecule has 2 heterocycles. The van der Waals surface area contributed by atoms with Crippen LogP contribution in [0.2, 0.25) is 5.02 Å². The summed E-state index contributed by atoms with van der Waals surface area (Å²) in [5, 5.41) is 4.64. The van der Waals surface area contributed by atoms with Crippen LogP contribution in [0.15, 0.2) is 28.7 Å². The van der Waals surface area contributed by atoms with E-state index in [1.165, 1.54) is 0 Å². The van der Waals surface area contributed by atoms with Crippen LogP contribution in [0.5, 0.6) is 0 Å². The third-order valence-corrected chi connectivity index (χ3v) is 3.92. The van der Waals surface area contributed by atoms with Crippen molar-refractivity contribution < 1.29 is 13.9 Å². The second-order valence-corrected chi connectivity index (χ2v) is 5.35. The molecule has 4 nitrogen and oxygen atoms in total. The maximum Gasteiger partial charge on any atom is 0.205 e. The lowest BCUT2D eigenvalue weighted by Crippen LogP contribution is -2.39. The fraction of sp³-hybridized carbons (Fsp3) is 0.400. The Morgan fingerprint density at radius 3 is 3.05 bits per heavy atom. The highest BCUT2D eigenvalue weighted by Gasteiger charge is 2.35. The summed E-state index contributed by atoms with van der Waals surface area (Å²) in [6.45, 7) is 3.82. The summed E-state index contributed by atoms with van der Waals surface area (Å²) >= 11 is 6.07. The van der Waals surface area contributed by atoms with Crippen molar-refractivity contribution in [2.75, 3.05) is 19.8 Å². The van der Waals surface area contributed by atoms with Crippen LogP contribution < -0.4 is 5.32 Å². The molecule has 1 aliphatic rings. The van der Waals surface area contributed by atoms with Crippen molar-refractivity contribution in [2.45, 2.75) is 13.0 Å². The molecule has 2 unspecified atom stereocenters. The summed E-state index contributed by atoms with van der Waals surface area (Å²) in [6, 6.07) is 7.28. The van der Waals surface area contributed by atoms with Gasteiger partial charge in [-0.1, -0.05) is 30.7 Å². The number of benzene rings is 1. The van der Waals surface area contributed by atoms with Gasteiger partial charge in [0.1, 0.15) is 0 Å². The van der Waals surface area contributed by atoms with Gasteiger partial charge in [0, 0.05) is 11.4 Å². The smallest absolute Gasteiger partial charge is 0.205 e. The first-order valence-corrected chi connectivity index (χ1v) is 7.12. The van der Waals surface area contributed by atoms with Crippen LogP contribution in [0.4, 0.5) is 0 Å². The molecule has 2 atom stereocenters. The molecule has 1 aromatic heterocycles. The molecule has 0 spiro atoms. The van der Waals surface area contributed by atoms with E-state index in [4.69, 9.17) is 20.8 Å². The number of likely N-dealkylation sites (N-methyl/N-ethyl adjacent to an activating group) is 1. The number of furan rings is 1. The molecule has 1 N–H and O–H groups in total. The Bertz CT molecular complexity index is 637. The Balaban J connectivity index is 1.90. The van der Waals surface area contributed by atoms with Crippen molar-refractivity contribution >= 4 is 28.4 Å². The van der Waals surface area contributed by atoms with Crippen LogP contribution in [0.1, 0.15) is 17.5 Å². The van der Waals surface area contributed by atoms with Crippen molar-refractivity contribution in [3.8, 4) is 0 Å².